The van der Waals surface area contributed by atoms with Crippen LogP contribution in [0.3, 0.4) is 0 Å². The fraction of sp³-hybridized carbons (Fsp3) is 0.750. The van der Waals surface area contributed by atoms with Crippen molar-refractivity contribution in [2.45, 2.75) is 24.9 Å². The average molecular weight is 342 g/mol. The van der Waals surface area contributed by atoms with E-state index in [1.807, 2.05) is 0 Å². The molecule has 0 aliphatic carbocycles. The van der Waals surface area contributed by atoms with Gasteiger partial charge < -0.3 is 14.6 Å². The summed E-state index contributed by atoms with van der Waals surface area (Å²) in [4.78, 5) is 39.8. The van der Waals surface area contributed by atoms with E-state index in [9.17, 15) is 14.4 Å². The van der Waals surface area contributed by atoms with Crippen LogP contribution in [0.5, 0.6) is 0 Å². The number of rotatable bonds is 12. The normalized spacial score (nSPS) is 13.6. The van der Waals surface area contributed by atoms with Gasteiger partial charge in [0.25, 0.3) is 0 Å². The van der Waals surface area contributed by atoms with Crippen LogP contribution in [0.4, 0.5) is 0 Å². The van der Waals surface area contributed by atoms with E-state index in [2.05, 4.69) is 24.8 Å². The molecule has 0 aromatic carbocycles. The third-order valence-electron chi connectivity index (χ3n) is 3.48. The first-order valence-electron chi connectivity index (χ1n) is 6.75. The van der Waals surface area contributed by atoms with Gasteiger partial charge in [0.15, 0.2) is 0 Å². The van der Waals surface area contributed by atoms with Crippen LogP contribution in [0.1, 0.15) is 19.3 Å². The average Bonchev–Trinajstić information content (AvgIpc) is 2.58. The minimum atomic E-state index is -1.54. The van der Waals surface area contributed by atoms with Gasteiger partial charge in [-0.2, -0.15) is 0 Å². The van der Waals surface area contributed by atoms with Gasteiger partial charge in [-0.3, -0.25) is 14.4 Å². The van der Waals surface area contributed by atoms with E-state index >= 15 is 0 Å². The Bertz CT molecular complexity index is 568. The van der Waals surface area contributed by atoms with Crippen LogP contribution < -0.4 is 0 Å². The van der Waals surface area contributed by atoms with Gasteiger partial charge in [0.1, 0.15) is 5.78 Å². The summed E-state index contributed by atoms with van der Waals surface area (Å²) < 4.78 is 9.82. The SMILES string of the molecule is COC(=O)CCC(CN=[N+]=[N-])(OC)C(CC(=O)O)C(=O)CN=[N+]=[N-]. The van der Waals surface area contributed by atoms with E-state index in [4.69, 9.17) is 20.9 Å². The number of carbonyl (C=O) groups is 3. The number of methoxy groups -OCH3 is 2. The minimum Gasteiger partial charge on any atom is -0.481 e. The Hall–Kier alpha value is -2.81. The first-order valence-corrected chi connectivity index (χ1v) is 6.75. The van der Waals surface area contributed by atoms with Crippen molar-refractivity contribution in [2.24, 2.45) is 16.1 Å². The van der Waals surface area contributed by atoms with Crippen LogP contribution in [0.2, 0.25) is 0 Å². The summed E-state index contributed by atoms with van der Waals surface area (Å²) in [6.07, 6.45) is -0.943. The molecular weight excluding hydrogens is 324 g/mol. The lowest BCUT2D eigenvalue weighted by atomic mass is 9.78. The number of Topliss-reactive ketones (excluding diaryl/α,β-unsaturated/α-hetero) is 1. The molecule has 0 aliphatic rings. The summed E-state index contributed by atoms with van der Waals surface area (Å²) in [6, 6.07) is 0. The van der Waals surface area contributed by atoms with Crippen LogP contribution in [0, 0.1) is 5.92 Å². The molecule has 0 heterocycles. The molecule has 132 valence electrons. The standard InChI is InChI=1S/C12H18N6O6/c1-23-11(22)3-4-12(24-2,7-16-18-14)8(5-10(20)21)9(19)6-15-17-13/h8H,3-7H2,1-2H3,(H,20,21). The molecular formula is C12H18N6O6. The van der Waals surface area contributed by atoms with E-state index in [1.54, 1.807) is 0 Å². The van der Waals surface area contributed by atoms with E-state index in [-0.39, 0.29) is 19.4 Å². The number of aliphatic carboxylic acids is 1. The van der Waals surface area contributed by atoms with E-state index in [0.29, 0.717) is 0 Å². The van der Waals surface area contributed by atoms with Crippen molar-refractivity contribution in [1.82, 2.24) is 0 Å². The fourth-order valence-corrected chi connectivity index (χ4v) is 2.22. The first-order chi connectivity index (χ1) is 11.4. The summed E-state index contributed by atoms with van der Waals surface area (Å²) in [5.74, 6) is -3.88. The number of ketones is 1. The van der Waals surface area contributed by atoms with Gasteiger partial charge in [0, 0.05) is 23.4 Å². The number of hydrogen-bond acceptors (Lipinski definition) is 7. The Labute approximate surface area is 137 Å². The second kappa shape index (κ2) is 10.8. The molecule has 0 saturated heterocycles. The summed E-state index contributed by atoms with van der Waals surface area (Å²) >= 11 is 0. The third-order valence-corrected chi connectivity index (χ3v) is 3.48. The molecule has 12 heteroatoms. The summed E-state index contributed by atoms with van der Waals surface area (Å²) in [7, 11) is 2.38. The van der Waals surface area contributed by atoms with Crippen molar-refractivity contribution < 1.29 is 29.0 Å². The van der Waals surface area contributed by atoms with Crippen molar-refractivity contribution in [3.8, 4) is 0 Å². The van der Waals surface area contributed by atoms with Gasteiger partial charge in [-0.1, -0.05) is 10.2 Å². The minimum absolute atomic E-state index is 0.116. The molecule has 0 spiro atoms. The lowest BCUT2D eigenvalue weighted by Crippen LogP contribution is -2.48. The Kier molecular flexibility index (Phi) is 9.57. The molecule has 12 nitrogen and oxygen atoms in total. The van der Waals surface area contributed by atoms with Crippen molar-refractivity contribution in [3.05, 3.63) is 20.9 Å². The predicted molar refractivity (Wildman–Crippen MR) is 79.8 cm³/mol. The van der Waals surface area contributed by atoms with Crippen molar-refractivity contribution in [2.75, 3.05) is 27.3 Å². The number of ether oxygens (including phenoxy) is 2. The summed E-state index contributed by atoms with van der Waals surface area (Å²) in [5.41, 5.74) is 15.3. The molecule has 0 radical (unpaired) electrons. The number of esters is 1. The summed E-state index contributed by atoms with van der Waals surface area (Å²) in [6.45, 7) is -0.967. The Morgan fingerprint density at radius 3 is 2.29 bits per heavy atom. The largest absolute Gasteiger partial charge is 0.481 e. The molecule has 0 fully saturated rings. The smallest absolute Gasteiger partial charge is 0.305 e. The number of nitrogens with zero attached hydrogens (tertiary/aromatic N) is 6. The monoisotopic (exact) mass is 342 g/mol. The second-order valence-corrected chi connectivity index (χ2v) is 4.74. The molecule has 1 N–H and O–H groups in total. The third kappa shape index (κ3) is 6.53. The van der Waals surface area contributed by atoms with E-state index in [1.165, 1.54) is 14.2 Å². The molecule has 2 atom stereocenters. The Morgan fingerprint density at radius 2 is 1.83 bits per heavy atom. The molecule has 24 heavy (non-hydrogen) atoms. The Balaban J connectivity index is 5.76. The van der Waals surface area contributed by atoms with Crippen LogP contribution in [-0.4, -0.2) is 55.7 Å². The Morgan fingerprint density at radius 1 is 1.21 bits per heavy atom. The number of carboxylic acid groups (broad SMARTS) is 1. The highest BCUT2D eigenvalue weighted by molar-refractivity contribution is 5.87. The van der Waals surface area contributed by atoms with Gasteiger partial charge in [0.2, 0.25) is 0 Å². The van der Waals surface area contributed by atoms with Crippen molar-refractivity contribution in [3.63, 3.8) is 0 Å². The lowest BCUT2D eigenvalue weighted by Gasteiger charge is -2.37. The maximum atomic E-state index is 12.3. The highest BCUT2D eigenvalue weighted by atomic mass is 16.5. The first kappa shape index (κ1) is 21.2. The van der Waals surface area contributed by atoms with Gasteiger partial charge in [-0.15, -0.1) is 0 Å². The molecule has 0 rings (SSSR count). The van der Waals surface area contributed by atoms with Crippen molar-refractivity contribution >= 4 is 17.7 Å². The highest BCUT2D eigenvalue weighted by Gasteiger charge is 2.43. The van der Waals surface area contributed by atoms with Gasteiger partial charge in [-0.05, 0) is 17.5 Å². The molecule has 2 unspecified atom stereocenters. The highest BCUT2D eigenvalue weighted by Crippen LogP contribution is 2.32. The molecule has 0 aromatic heterocycles. The van der Waals surface area contributed by atoms with E-state index < -0.39 is 42.2 Å². The molecule has 0 amide bonds. The predicted octanol–water partition coefficient (Wildman–Crippen LogP) is 1.61. The number of azide groups is 2. The maximum Gasteiger partial charge on any atom is 0.305 e. The quantitative estimate of drug-likeness (QED) is 0.242. The van der Waals surface area contributed by atoms with E-state index in [0.717, 1.165) is 0 Å². The van der Waals surface area contributed by atoms with Crippen molar-refractivity contribution in [1.29, 1.82) is 0 Å². The van der Waals surface area contributed by atoms with Gasteiger partial charge >= 0.3 is 11.9 Å². The zero-order valence-electron chi connectivity index (χ0n) is 13.3. The van der Waals surface area contributed by atoms with Crippen LogP contribution in [-0.2, 0) is 23.9 Å². The number of hydrogen-bond donors (Lipinski definition) is 1. The zero-order chi connectivity index (χ0) is 18.6. The molecule has 0 aliphatic heterocycles. The zero-order valence-corrected chi connectivity index (χ0v) is 13.3. The fourth-order valence-electron chi connectivity index (χ4n) is 2.22. The molecule has 0 bridgehead atoms. The topological polar surface area (TPSA) is 187 Å². The molecule has 0 saturated carbocycles. The maximum absolute atomic E-state index is 12.3. The second-order valence-electron chi connectivity index (χ2n) is 4.74. The van der Waals surface area contributed by atoms with Crippen LogP contribution in [0.15, 0.2) is 10.2 Å². The van der Waals surface area contributed by atoms with Gasteiger partial charge in [0.05, 0.1) is 38.1 Å². The summed E-state index contributed by atoms with van der Waals surface area (Å²) in [5, 5.41) is 15.6. The lowest BCUT2D eigenvalue weighted by molar-refractivity contribution is -0.151. The van der Waals surface area contributed by atoms with Gasteiger partial charge in [-0.25, -0.2) is 0 Å². The molecule has 0 aromatic rings. The number of carbonyl (C=O) groups excluding carboxylic acids is 2. The van der Waals surface area contributed by atoms with Crippen LogP contribution in [0.25, 0.3) is 20.9 Å². The van der Waals surface area contributed by atoms with Crippen LogP contribution >= 0.6 is 0 Å². The number of carboxylic acids is 1.